The quantitative estimate of drug-likeness (QED) is 0.291. The summed E-state index contributed by atoms with van der Waals surface area (Å²) in [7, 11) is 1.63. The van der Waals surface area contributed by atoms with Crippen molar-refractivity contribution in [3.05, 3.63) is 78.8 Å². The van der Waals surface area contributed by atoms with Crippen LogP contribution < -0.4 is 19.1 Å². The number of nitrogens with one attached hydrogen (secondary N) is 1. The molecule has 204 valence electrons. The Bertz CT molecular complexity index is 1640. The number of hydrogen-bond acceptors (Lipinski definition) is 7. The van der Waals surface area contributed by atoms with Crippen LogP contribution in [0.4, 0.5) is 5.82 Å². The van der Waals surface area contributed by atoms with E-state index in [0.717, 1.165) is 44.7 Å². The number of aromatic nitrogens is 3. The van der Waals surface area contributed by atoms with Gasteiger partial charge in [-0.15, -0.1) is 0 Å². The highest BCUT2D eigenvalue weighted by atomic mass is 16.5. The summed E-state index contributed by atoms with van der Waals surface area (Å²) in [5, 5.41) is 1.93. The molecule has 3 aromatic carbocycles. The predicted octanol–water partition coefficient (Wildman–Crippen LogP) is 5.20. The van der Waals surface area contributed by atoms with Gasteiger partial charge in [-0.05, 0) is 48.9 Å². The number of fused-ring (bicyclic) bond motifs is 2. The third-order valence-corrected chi connectivity index (χ3v) is 7.19. The van der Waals surface area contributed by atoms with Gasteiger partial charge < -0.3 is 29.0 Å². The van der Waals surface area contributed by atoms with Crippen LogP contribution in [0.15, 0.2) is 73.2 Å². The average Bonchev–Trinajstić information content (AvgIpc) is 3.48. The molecule has 9 nitrogen and oxygen atoms in total. The maximum atomic E-state index is 13.1. The third kappa shape index (κ3) is 5.10. The zero-order valence-corrected chi connectivity index (χ0v) is 22.6. The minimum Gasteiger partial charge on any atom is -0.493 e. The van der Waals surface area contributed by atoms with Gasteiger partial charge in [-0.1, -0.05) is 18.2 Å². The number of carbonyl (C=O) groups excluding carboxylic acids is 1. The minimum atomic E-state index is 0.112. The number of piperazine rings is 1. The monoisotopic (exact) mass is 537 g/mol. The average molecular weight is 538 g/mol. The van der Waals surface area contributed by atoms with E-state index in [0.29, 0.717) is 50.7 Å². The van der Waals surface area contributed by atoms with Crippen LogP contribution in [0.2, 0.25) is 0 Å². The van der Waals surface area contributed by atoms with Crippen LogP contribution in [0.25, 0.3) is 21.8 Å². The van der Waals surface area contributed by atoms with Crippen LogP contribution in [0, 0.1) is 0 Å². The van der Waals surface area contributed by atoms with Gasteiger partial charge in [0.05, 0.1) is 25.7 Å². The summed E-state index contributed by atoms with van der Waals surface area (Å²) in [6.07, 6.45) is 3.82. The molecule has 1 amide bonds. The highest BCUT2D eigenvalue weighted by molar-refractivity contribution is 5.92. The molecule has 1 aliphatic rings. The van der Waals surface area contributed by atoms with Gasteiger partial charge in [0.1, 0.15) is 23.6 Å². The SMILES string of the molecule is CCOc1cc2ncnc(N3CCN(C(=O)Cc4ccc(Oc5cccc6[nH]ccc56)cc4)CC3)c2cc1OC. The highest BCUT2D eigenvalue weighted by Gasteiger charge is 2.24. The zero-order valence-electron chi connectivity index (χ0n) is 22.6. The zero-order chi connectivity index (χ0) is 27.5. The van der Waals surface area contributed by atoms with E-state index in [-0.39, 0.29) is 5.91 Å². The second-order valence-corrected chi connectivity index (χ2v) is 9.64. The van der Waals surface area contributed by atoms with Crippen molar-refractivity contribution < 1.29 is 19.0 Å². The lowest BCUT2D eigenvalue weighted by Gasteiger charge is -2.36. The summed E-state index contributed by atoms with van der Waals surface area (Å²) in [4.78, 5) is 29.4. The summed E-state index contributed by atoms with van der Waals surface area (Å²) < 4.78 is 17.3. The number of anilines is 1. The normalized spacial score (nSPS) is 13.6. The maximum Gasteiger partial charge on any atom is 0.227 e. The first-order valence-electron chi connectivity index (χ1n) is 13.4. The lowest BCUT2D eigenvalue weighted by molar-refractivity contribution is -0.130. The van der Waals surface area contributed by atoms with Crippen LogP contribution in [0.5, 0.6) is 23.0 Å². The van der Waals surface area contributed by atoms with E-state index in [4.69, 9.17) is 14.2 Å². The number of methoxy groups -OCH3 is 1. The Hall–Kier alpha value is -4.79. The number of nitrogens with zero attached hydrogens (tertiary/aromatic N) is 4. The Morgan fingerprint density at radius 2 is 1.75 bits per heavy atom. The second-order valence-electron chi connectivity index (χ2n) is 9.64. The molecule has 1 saturated heterocycles. The molecule has 0 aliphatic carbocycles. The summed E-state index contributed by atoms with van der Waals surface area (Å²) >= 11 is 0. The Morgan fingerprint density at radius 3 is 2.52 bits per heavy atom. The van der Waals surface area contributed by atoms with Gasteiger partial charge in [0, 0.05) is 54.7 Å². The van der Waals surface area contributed by atoms with Gasteiger partial charge in [0.25, 0.3) is 0 Å². The lowest BCUT2D eigenvalue weighted by atomic mass is 10.1. The Balaban J connectivity index is 1.08. The number of amides is 1. The molecule has 6 rings (SSSR count). The largest absolute Gasteiger partial charge is 0.493 e. The number of carbonyl (C=O) groups is 1. The molecule has 5 aromatic rings. The molecule has 0 unspecified atom stereocenters. The van der Waals surface area contributed by atoms with E-state index in [9.17, 15) is 4.79 Å². The lowest BCUT2D eigenvalue weighted by Crippen LogP contribution is -2.49. The van der Waals surface area contributed by atoms with E-state index in [1.165, 1.54) is 0 Å². The van der Waals surface area contributed by atoms with E-state index < -0.39 is 0 Å². The molecular weight excluding hydrogens is 506 g/mol. The number of aromatic amines is 1. The number of H-pyrrole nitrogens is 1. The first kappa shape index (κ1) is 25.5. The first-order valence-corrected chi connectivity index (χ1v) is 13.4. The topological polar surface area (TPSA) is 92.8 Å². The van der Waals surface area contributed by atoms with Gasteiger partial charge in [-0.25, -0.2) is 9.97 Å². The fourth-order valence-corrected chi connectivity index (χ4v) is 5.13. The van der Waals surface area contributed by atoms with Gasteiger partial charge in [-0.3, -0.25) is 4.79 Å². The molecule has 0 saturated carbocycles. The molecule has 0 radical (unpaired) electrons. The second kappa shape index (κ2) is 11.1. The number of rotatable bonds is 8. The van der Waals surface area contributed by atoms with Crippen molar-refractivity contribution in [2.24, 2.45) is 0 Å². The van der Waals surface area contributed by atoms with Gasteiger partial charge in [-0.2, -0.15) is 0 Å². The number of benzene rings is 3. The van der Waals surface area contributed by atoms with Crippen molar-refractivity contribution in [3.63, 3.8) is 0 Å². The van der Waals surface area contributed by atoms with Crippen molar-refractivity contribution >= 4 is 33.5 Å². The summed E-state index contributed by atoms with van der Waals surface area (Å²) in [5.74, 6) is 3.79. The van der Waals surface area contributed by atoms with E-state index in [1.54, 1.807) is 13.4 Å². The van der Waals surface area contributed by atoms with Crippen molar-refractivity contribution in [1.29, 1.82) is 0 Å². The molecule has 1 fully saturated rings. The molecule has 9 heteroatoms. The molecule has 2 aromatic heterocycles. The number of hydrogen-bond donors (Lipinski definition) is 1. The molecule has 40 heavy (non-hydrogen) atoms. The third-order valence-electron chi connectivity index (χ3n) is 7.19. The molecule has 3 heterocycles. The maximum absolute atomic E-state index is 13.1. The minimum absolute atomic E-state index is 0.112. The van der Waals surface area contributed by atoms with Gasteiger partial charge in [0.2, 0.25) is 5.91 Å². The van der Waals surface area contributed by atoms with Crippen LogP contribution >= 0.6 is 0 Å². The molecule has 0 bridgehead atoms. The van der Waals surface area contributed by atoms with E-state index >= 15 is 0 Å². The van der Waals surface area contributed by atoms with Gasteiger partial charge >= 0.3 is 0 Å². The van der Waals surface area contributed by atoms with Gasteiger partial charge in [0.15, 0.2) is 11.5 Å². The smallest absolute Gasteiger partial charge is 0.227 e. The standard InChI is InChI=1S/C31H31N5O4/c1-3-39-29-19-26-24(18-28(29)38-2)31(34-20-33-26)36-15-13-35(14-16-36)30(37)17-21-7-9-22(10-8-21)40-27-6-4-5-25-23(27)11-12-32-25/h4-12,18-20,32H,3,13-17H2,1-2H3. The van der Waals surface area contributed by atoms with E-state index in [1.807, 2.05) is 78.7 Å². The summed E-state index contributed by atoms with van der Waals surface area (Å²) in [6, 6.07) is 19.5. The summed E-state index contributed by atoms with van der Waals surface area (Å²) in [5.41, 5.74) is 2.78. The van der Waals surface area contributed by atoms with Crippen molar-refractivity contribution in [1.82, 2.24) is 19.9 Å². The van der Waals surface area contributed by atoms with Crippen LogP contribution in [-0.2, 0) is 11.2 Å². The fourth-order valence-electron chi connectivity index (χ4n) is 5.13. The predicted molar refractivity (Wildman–Crippen MR) is 155 cm³/mol. The highest BCUT2D eigenvalue weighted by Crippen LogP contribution is 2.35. The molecule has 1 aliphatic heterocycles. The van der Waals surface area contributed by atoms with Crippen molar-refractivity contribution in [2.75, 3.05) is 44.8 Å². The van der Waals surface area contributed by atoms with Crippen LogP contribution in [0.1, 0.15) is 12.5 Å². The molecule has 0 atom stereocenters. The van der Waals surface area contributed by atoms with Crippen LogP contribution in [0.3, 0.4) is 0 Å². The molecule has 1 N–H and O–H groups in total. The Kier molecular flexibility index (Phi) is 7.09. The Morgan fingerprint density at radius 1 is 0.925 bits per heavy atom. The molecular formula is C31H31N5O4. The Labute approximate surface area is 232 Å². The molecule has 0 spiro atoms. The van der Waals surface area contributed by atoms with Crippen molar-refractivity contribution in [2.45, 2.75) is 13.3 Å². The van der Waals surface area contributed by atoms with Crippen molar-refractivity contribution in [3.8, 4) is 23.0 Å². The fraction of sp³-hybridized carbons (Fsp3) is 0.258. The van der Waals surface area contributed by atoms with E-state index in [2.05, 4.69) is 19.9 Å². The van der Waals surface area contributed by atoms with Crippen LogP contribution in [-0.4, -0.2) is 65.7 Å². The number of ether oxygens (including phenoxy) is 3. The summed E-state index contributed by atoms with van der Waals surface area (Å²) in [6.45, 7) is 5.10. The first-order chi connectivity index (χ1) is 19.6.